The quantitative estimate of drug-likeness (QED) is 0.399. The molecule has 0 amide bonds. The second-order valence-electron chi connectivity index (χ2n) is 1.26. The summed E-state index contributed by atoms with van der Waals surface area (Å²) in [6.45, 7) is 3.73. The monoisotopic (exact) mass is 115 g/mol. The Labute approximate surface area is 48.3 Å². The van der Waals surface area contributed by atoms with E-state index in [1.54, 1.807) is 6.92 Å². The average Bonchev–Trinajstić information content (AvgIpc) is 1.66. The van der Waals surface area contributed by atoms with Crippen molar-refractivity contribution in [2.45, 2.75) is 13.8 Å². The molecule has 3 heteroatoms. The van der Waals surface area contributed by atoms with Gasteiger partial charge in [-0.2, -0.15) is 0 Å². The van der Waals surface area contributed by atoms with E-state index in [0.717, 1.165) is 6.21 Å². The van der Waals surface area contributed by atoms with Crippen LogP contribution < -0.4 is 0 Å². The topological polar surface area (TPSA) is 38.7 Å². The molecule has 46 valence electrons. The Bertz CT molecular complexity index is 98.6. The van der Waals surface area contributed by atoms with Crippen LogP contribution in [-0.2, 0) is 9.63 Å². The first-order valence-electron chi connectivity index (χ1n) is 2.43. The van der Waals surface area contributed by atoms with Crippen LogP contribution in [0.1, 0.15) is 13.8 Å². The Morgan fingerprint density at radius 3 is 2.88 bits per heavy atom. The molecule has 0 spiro atoms. The number of carbonyl (C=O) groups excluding carboxylic acids is 1. The van der Waals surface area contributed by atoms with Crippen molar-refractivity contribution in [2.24, 2.45) is 5.16 Å². The van der Waals surface area contributed by atoms with Gasteiger partial charge in [-0.05, 0) is 6.92 Å². The lowest BCUT2D eigenvalue weighted by Crippen LogP contribution is -1.90. The molecule has 0 atom stereocenters. The maximum atomic E-state index is 10.1. The summed E-state index contributed by atoms with van der Waals surface area (Å²) >= 11 is 0. The summed E-state index contributed by atoms with van der Waals surface area (Å²) in [7, 11) is 0. The van der Waals surface area contributed by atoms with Crippen LogP contribution in [0.25, 0.3) is 0 Å². The van der Waals surface area contributed by atoms with Crippen molar-refractivity contribution in [3.05, 3.63) is 0 Å². The zero-order valence-electron chi connectivity index (χ0n) is 5.05. The Morgan fingerprint density at radius 2 is 2.50 bits per heavy atom. The van der Waals surface area contributed by atoms with Crippen molar-refractivity contribution in [3.8, 4) is 0 Å². The Hall–Kier alpha value is -0.860. The van der Waals surface area contributed by atoms with Gasteiger partial charge in [0.05, 0.1) is 0 Å². The molecule has 8 heavy (non-hydrogen) atoms. The molecule has 0 unspecified atom stereocenters. The fourth-order valence-corrected chi connectivity index (χ4v) is 0.186. The smallest absolute Gasteiger partial charge is 0.174 e. The zero-order valence-corrected chi connectivity index (χ0v) is 5.05. The molecule has 0 aliphatic rings. The molecule has 0 aromatic carbocycles. The van der Waals surface area contributed by atoms with E-state index in [1.165, 1.54) is 6.92 Å². The van der Waals surface area contributed by atoms with Gasteiger partial charge >= 0.3 is 0 Å². The predicted octanol–water partition coefficient (Wildman–Crippen LogP) is 0.598. The minimum atomic E-state index is -0.0987. The van der Waals surface area contributed by atoms with Gasteiger partial charge in [0.25, 0.3) is 0 Å². The van der Waals surface area contributed by atoms with Gasteiger partial charge < -0.3 is 4.84 Å². The fraction of sp³-hybridized carbons (Fsp3) is 0.600. The molecule has 0 aliphatic heterocycles. The molecule has 0 radical (unpaired) electrons. The number of rotatable bonds is 3. The third kappa shape index (κ3) is 5.14. The van der Waals surface area contributed by atoms with Crippen LogP contribution in [-0.4, -0.2) is 18.6 Å². The normalized spacial score (nSPS) is 9.75. The molecule has 0 rings (SSSR count). The summed E-state index contributed by atoms with van der Waals surface area (Å²) in [5, 5.41) is 3.31. The van der Waals surface area contributed by atoms with E-state index in [-0.39, 0.29) is 5.78 Å². The van der Waals surface area contributed by atoms with Gasteiger partial charge in [-0.25, -0.2) is 0 Å². The molecule has 0 aromatic heterocycles. The SMILES string of the molecule is CCON=CC(C)=O. The minimum absolute atomic E-state index is 0.0987. The highest BCUT2D eigenvalue weighted by Crippen LogP contribution is 1.70. The van der Waals surface area contributed by atoms with Crippen LogP contribution >= 0.6 is 0 Å². The third-order valence-electron chi connectivity index (χ3n) is 0.438. The van der Waals surface area contributed by atoms with Crippen molar-refractivity contribution < 1.29 is 9.63 Å². The Morgan fingerprint density at radius 1 is 1.88 bits per heavy atom. The van der Waals surface area contributed by atoms with Crippen LogP contribution in [0.2, 0.25) is 0 Å². The van der Waals surface area contributed by atoms with E-state index in [0.29, 0.717) is 6.61 Å². The third-order valence-corrected chi connectivity index (χ3v) is 0.438. The van der Waals surface area contributed by atoms with Gasteiger partial charge in [-0.15, -0.1) is 0 Å². The van der Waals surface area contributed by atoms with Crippen LogP contribution in [0.4, 0.5) is 0 Å². The maximum absolute atomic E-state index is 10.1. The number of carbonyl (C=O) groups is 1. The summed E-state index contributed by atoms with van der Waals surface area (Å²) < 4.78 is 0. The molecule has 0 N–H and O–H groups in total. The molecule has 0 bridgehead atoms. The van der Waals surface area contributed by atoms with E-state index in [2.05, 4.69) is 9.99 Å². The van der Waals surface area contributed by atoms with Gasteiger partial charge in [0, 0.05) is 6.92 Å². The number of nitrogens with zero attached hydrogens (tertiary/aromatic N) is 1. The molecular weight excluding hydrogens is 106 g/mol. The molecular formula is C5H9NO2. The molecule has 0 fully saturated rings. The van der Waals surface area contributed by atoms with E-state index in [9.17, 15) is 4.79 Å². The van der Waals surface area contributed by atoms with Gasteiger partial charge in [0.2, 0.25) is 0 Å². The van der Waals surface area contributed by atoms with Crippen molar-refractivity contribution in [2.75, 3.05) is 6.61 Å². The van der Waals surface area contributed by atoms with E-state index in [1.807, 2.05) is 0 Å². The van der Waals surface area contributed by atoms with Gasteiger partial charge in [0.1, 0.15) is 12.8 Å². The average molecular weight is 115 g/mol. The van der Waals surface area contributed by atoms with Crippen LogP contribution in [0.15, 0.2) is 5.16 Å². The van der Waals surface area contributed by atoms with E-state index < -0.39 is 0 Å². The molecule has 0 heterocycles. The van der Waals surface area contributed by atoms with Crippen molar-refractivity contribution in [1.29, 1.82) is 0 Å². The number of oxime groups is 1. The lowest BCUT2D eigenvalue weighted by Gasteiger charge is -1.86. The number of hydrogen-bond acceptors (Lipinski definition) is 3. The summed E-state index contributed by atoms with van der Waals surface area (Å²) in [6, 6.07) is 0. The van der Waals surface area contributed by atoms with Gasteiger partial charge in [-0.3, -0.25) is 4.79 Å². The molecule has 0 saturated heterocycles. The van der Waals surface area contributed by atoms with E-state index in [4.69, 9.17) is 0 Å². The van der Waals surface area contributed by atoms with Crippen molar-refractivity contribution in [3.63, 3.8) is 0 Å². The highest BCUT2D eigenvalue weighted by Gasteiger charge is 1.79. The zero-order chi connectivity index (χ0) is 6.41. The summed E-state index contributed by atoms with van der Waals surface area (Å²) in [4.78, 5) is 14.6. The first kappa shape index (κ1) is 7.14. The lowest BCUT2D eigenvalue weighted by molar-refractivity contribution is -0.110. The fourth-order valence-electron chi connectivity index (χ4n) is 0.186. The van der Waals surface area contributed by atoms with Crippen molar-refractivity contribution in [1.82, 2.24) is 0 Å². The molecule has 0 saturated carbocycles. The highest BCUT2D eigenvalue weighted by atomic mass is 16.6. The largest absolute Gasteiger partial charge is 0.396 e. The number of hydrogen-bond donors (Lipinski definition) is 0. The maximum Gasteiger partial charge on any atom is 0.174 e. The minimum Gasteiger partial charge on any atom is -0.396 e. The Balaban J connectivity index is 3.20. The first-order chi connectivity index (χ1) is 3.77. The van der Waals surface area contributed by atoms with Crippen LogP contribution in [0.3, 0.4) is 0 Å². The first-order valence-corrected chi connectivity index (χ1v) is 2.43. The van der Waals surface area contributed by atoms with Gasteiger partial charge in [-0.1, -0.05) is 5.16 Å². The second kappa shape index (κ2) is 4.30. The molecule has 0 aliphatic carbocycles. The van der Waals surface area contributed by atoms with Crippen LogP contribution in [0.5, 0.6) is 0 Å². The molecule has 3 nitrogen and oxygen atoms in total. The number of ketones is 1. The van der Waals surface area contributed by atoms with Crippen molar-refractivity contribution >= 4 is 12.0 Å². The van der Waals surface area contributed by atoms with Gasteiger partial charge in [0.15, 0.2) is 5.78 Å². The second-order valence-corrected chi connectivity index (χ2v) is 1.26. The summed E-state index contributed by atoms with van der Waals surface area (Å²) in [6.07, 6.45) is 1.14. The lowest BCUT2D eigenvalue weighted by atomic mass is 10.5. The highest BCUT2D eigenvalue weighted by molar-refractivity contribution is 6.26. The summed E-state index contributed by atoms with van der Waals surface area (Å²) in [5.41, 5.74) is 0. The summed E-state index contributed by atoms with van der Waals surface area (Å²) in [5.74, 6) is -0.0987. The number of Topliss-reactive ketones (excluding diaryl/α,β-unsaturated/α-hetero) is 1. The molecule has 0 aromatic rings. The van der Waals surface area contributed by atoms with Crippen LogP contribution in [0, 0.1) is 0 Å². The standard InChI is InChI=1S/C5H9NO2/c1-3-8-6-4-5(2)7/h4H,3H2,1-2H3. The van der Waals surface area contributed by atoms with E-state index >= 15 is 0 Å². The predicted molar refractivity (Wildman–Crippen MR) is 30.8 cm³/mol. The Kier molecular flexibility index (Phi) is 3.84.